The van der Waals surface area contributed by atoms with Gasteiger partial charge in [-0.05, 0) is 39.3 Å². The molecule has 5 N–H and O–H groups in total. The number of amides is 2. The molecule has 36 heavy (non-hydrogen) atoms. The molecule has 0 aromatic rings. The van der Waals surface area contributed by atoms with E-state index >= 15 is 4.39 Å². The Kier molecular flexibility index (Phi) is 9.26. The van der Waals surface area contributed by atoms with E-state index in [0.717, 1.165) is 11.1 Å². The van der Waals surface area contributed by atoms with Gasteiger partial charge in [0.1, 0.15) is 18.0 Å². The molecule has 0 radical (unpaired) electrons. The lowest BCUT2D eigenvalue weighted by atomic mass is 9.91. The quantitative estimate of drug-likeness (QED) is 0.235. The van der Waals surface area contributed by atoms with Crippen molar-refractivity contribution in [3.05, 3.63) is 5.70 Å². The van der Waals surface area contributed by atoms with E-state index in [-0.39, 0.29) is 24.6 Å². The number of nitrogens with zero attached hydrogens (tertiary/aromatic N) is 4. The number of piperidine rings is 1. The third-order valence-electron chi connectivity index (χ3n) is 6.90. The van der Waals surface area contributed by atoms with E-state index in [4.69, 9.17) is 11.5 Å². The van der Waals surface area contributed by atoms with Crippen LogP contribution in [0, 0.1) is 11.8 Å². The van der Waals surface area contributed by atoms with Crippen LogP contribution < -0.4 is 16.8 Å². The van der Waals surface area contributed by atoms with E-state index in [9.17, 15) is 22.8 Å². The molecule has 2 saturated heterocycles. The third kappa shape index (κ3) is 6.70. The zero-order valence-electron chi connectivity index (χ0n) is 20.5. The molecule has 2 amide bonds. The SMILES string of the molecule is CCC(F)C=NC(C)C(C(=O)NC1=C=NCC(F)C1N1CCC(C(=O)N2CC(F)(F)C2)CC1)C(N)N. The number of alkyl halides is 4. The van der Waals surface area contributed by atoms with Crippen LogP contribution >= 0.6 is 0 Å². The monoisotopic (exact) mass is 517 g/mol. The number of nitrogens with two attached hydrogens (primary N) is 2. The van der Waals surface area contributed by atoms with Crippen molar-refractivity contribution in [1.29, 1.82) is 0 Å². The van der Waals surface area contributed by atoms with Gasteiger partial charge in [-0.25, -0.2) is 22.6 Å². The number of carbonyl (C=O) groups is 2. The number of aliphatic imine (C=N–C) groups is 2. The first-order chi connectivity index (χ1) is 16.9. The highest BCUT2D eigenvalue weighted by molar-refractivity contribution is 5.85. The van der Waals surface area contributed by atoms with Crippen molar-refractivity contribution >= 4 is 23.9 Å². The summed E-state index contributed by atoms with van der Waals surface area (Å²) in [4.78, 5) is 36.5. The van der Waals surface area contributed by atoms with Gasteiger partial charge in [-0.3, -0.25) is 19.5 Å². The number of hydrogen-bond donors (Lipinski definition) is 3. The normalized spacial score (nSPS) is 27.5. The lowest BCUT2D eigenvalue weighted by Crippen LogP contribution is -2.61. The van der Waals surface area contributed by atoms with Crippen LogP contribution in [0.25, 0.3) is 0 Å². The van der Waals surface area contributed by atoms with Gasteiger partial charge in [-0.15, -0.1) is 0 Å². The van der Waals surface area contributed by atoms with Crippen molar-refractivity contribution in [2.75, 3.05) is 32.7 Å². The molecule has 0 aliphatic carbocycles. The Labute approximate surface area is 208 Å². The van der Waals surface area contributed by atoms with E-state index in [1.165, 1.54) is 0 Å². The van der Waals surface area contributed by atoms with Gasteiger partial charge in [0.25, 0.3) is 5.92 Å². The van der Waals surface area contributed by atoms with E-state index < -0.39 is 67.3 Å². The molecular weight excluding hydrogens is 482 g/mol. The van der Waals surface area contributed by atoms with Gasteiger partial charge in [-0.1, -0.05) is 6.92 Å². The van der Waals surface area contributed by atoms with Crippen LogP contribution in [0.5, 0.6) is 0 Å². The highest BCUT2D eigenvalue weighted by atomic mass is 19.3. The number of rotatable bonds is 9. The van der Waals surface area contributed by atoms with Crippen LogP contribution in [0.2, 0.25) is 0 Å². The van der Waals surface area contributed by atoms with Crippen molar-refractivity contribution in [2.24, 2.45) is 33.3 Å². The van der Waals surface area contributed by atoms with Crippen molar-refractivity contribution in [2.45, 2.75) is 69.6 Å². The molecule has 5 atom stereocenters. The lowest BCUT2D eigenvalue weighted by molar-refractivity contribution is -0.171. The van der Waals surface area contributed by atoms with Gasteiger partial charge in [0.05, 0.1) is 43.8 Å². The second kappa shape index (κ2) is 11.8. The first-order valence-corrected chi connectivity index (χ1v) is 12.3. The van der Waals surface area contributed by atoms with Gasteiger partial charge in [0, 0.05) is 18.0 Å². The first kappa shape index (κ1) is 28.2. The first-order valence-electron chi connectivity index (χ1n) is 12.3. The molecule has 0 aromatic carbocycles. The minimum absolute atomic E-state index is 0.115. The average molecular weight is 518 g/mol. The van der Waals surface area contributed by atoms with Crippen LogP contribution in [0.4, 0.5) is 17.6 Å². The Morgan fingerprint density at radius 2 is 1.94 bits per heavy atom. The molecule has 3 aliphatic heterocycles. The van der Waals surface area contributed by atoms with E-state index in [0.29, 0.717) is 25.9 Å². The van der Waals surface area contributed by atoms with E-state index in [2.05, 4.69) is 21.2 Å². The molecule has 3 heterocycles. The minimum atomic E-state index is -2.83. The Bertz CT molecular complexity index is 893. The average Bonchev–Trinajstić information content (AvgIpc) is 2.80. The predicted octanol–water partition coefficient (Wildman–Crippen LogP) is 0.633. The van der Waals surface area contributed by atoms with Crippen LogP contribution in [0.15, 0.2) is 15.7 Å². The second-order valence-electron chi connectivity index (χ2n) is 9.74. The van der Waals surface area contributed by atoms with E-state index in [1.807, 2.05) is 0 Å². The molecule has 0 bridgehead atoms. The van der Waals surface area contributed by atoms with Gasteiger partial charge in [0.2, 0.25) is 11.8 Å². The molecule has 0 aromatic heterocycles. The van der Waals surface area contributed by atoms with Gasteiger partial charge >= 0.3 is 0 Å². The number of hydrogen-bond acceptors (Lipinski definition) is 7. The zero-order chi connectivity index (χ0) is 26.6. The highest BCUT2D eigenvalue weighted by Gasteiger charge is 2.48. The van der Waals surface area contributed by atoms with Crippen molar-refractivity contribution in [3.8, 4) is 0 Å². The summed E-state index contributed by atoms with van der Waals surface area (Å²) in [6.07, 6.45) is -1.69. The standard InChI is InChI=1S/C23H35F4N7O2/c1-3-15(24)8-31-13(2)18(20(28)29)21(35)32-17-10-30-9-16(25)19(17)33-6-4-14(5-7-33)22(36)34-11-23(26,27)12-34/h8,13-16,18-20H,3-7,9,11-12,28-29H2,1-2H3,(H,32,35). The molecule has 13 heteroatoms. The van der Waals surface area contributed by atoms with Gasteiger partial charge in [-0.2, -0.15) is 0 Å². The fourth-order valence-corrected chi connectivity index (χ4v) is 4.79. The second-order valence-corrected chi connectivity index (χ2v) is 9.74. The number of halogens is 4. The smallest absolute Gasteiger partial charge is 0.282 e. The predicted molar refractivity (Wildman–Crippen MR) is 127 cm³/mol. The van der Waals surface area contributed by atoms with Crippen molar-refractivity contribution in [1.82, 2.24) is 15.1 Å². The molecule has 9 nitrogen and oxygen atoms in total. The molecule has 2 fully saturated rings. The Hall–Kier alpha value is -2.34. The number of likely N-dealkylation sites (tertiary alicyclic amines) is 2. The summed E-state index contributed by atoms with van der Waals surface area (Å²) in [5.41, 5.74) is 11.7. The summed E-state index contributed by atoms with van der Waals surface area (Å²) in [7, 11) is 0. The van der Waals surface area contributed by atoms with Crippen LogP contribution in [-0.2, 0) is 9.59 Å². The summed E-state index contributed by atoms with van der Waals surface area (Å²) in [5, 5.41) is 2.65. The van der Waals surface area contributed by atoms with Gasteiger partial charge < -0.3 is 21.7 Å². The Morgan fingerprint density at radius 3 is 2.50 bits per heavy atom. The number of nitrogens with one attached hydrogen (secondary N) is 1. The van der Waals surface area contributed by atoms with Crippen molar-refractivity contribution < 1.29 is 27.2 Å². The summed E-state index contributed by atoms with van der Waals surface area (Å²) < 4.78 is 54.8. The fourth-order valence-electron chi connectivity index (χ4n) is 4.79. The molecule has 202 valence electrons. The highest BCUT2D eigenvalue weighted by Crippen LogP contribution is 2.31. The lowest BCUT2D eigenvalue weighted by Gasteiger charge is -2.43. The number of carbonyl (C=O) groups excluding carboxylic acids is 2. The van der Waals surface area contributed by atoms with Crippen LogP contribution in [-0.4, -0.2) is 103 Å². The van der Waals surface area contributed by atoms with Crippen LogP contribution in [0.1, 0.15) is 33.1 Å². The molecule has 3 aliphatic rings. The fraction of sp³-hybridized carbons (Fsp3) is 0.783. The summed E-state index contributed by atoms with van der Waals surface area (Å²) >= 11 is 0. The van der Waals surface area contributed by atoms with Crippen LogP contribution in [0.3, 0.4) is 0 Å². The molecule has 3 rings (SSSR count). The summed E-state index contributed by atoms with van der Waals surface area (Å²) in [6.45, 7) is 2.66. The minimum Gasteiger partial charge on any atom is -0.330 e. The maximum Gasteiger partial charge on any atom is 0.282 e. The molecule has 5 unspecified atom stereocenters. The largest absolute Gasteiger partial charge is 0.330 e. The summed E-state index contributed by atoms with van der Waals surface area (Å²) in [6, 6.07) is -1.59. The molecule has 0 spiro atoms. The maximum absolute atomic E-state index is 15.0. The zero-order valence-corrected chi connectivity index (χ0v) is 20.5. The summed E-state index contributed by atoms with van der Waals surface area (Å²) in [5.74, 6) is -2.47. The van der Waals surface area contributed by atoms with Gasteiger partial charge in [0.15, 0.2) is 0 Å². The van der Waals surface area contributed by atoms with Crippen molar-refractivity contribution in [3.63, 3.8) is 0 Å². The Morgan fingerprint density at radius 1 is 1.31 bits per heavy atom. The topological polar surface area (TPSA) is 129 Å². The molecular formula is C23H35F4N7O2. The molecule has 0 saturated carbocycles. The Balaban J connectivity index is 1.64. The maximum atomic E-state index is 15.0. The van der Waals surface area contributed by atoms with E-state index in [1.54, 1.807) is 18.7 Å². The third-order valence-corrected chi connectivity index (χ3v) is 6.90.